The molecule has 0 unspecified atom stereocenters. The molecule has 9 nitrogen and oxygen atoms in total. The Labute approximate surface area is 162 Å². The third-order valence-electron chi connectivity index (χ3n) is 4.44. The van der Waals surface area contributed by atoms with Crippen LogP contribution in [0.5, 0.6) is 5.75 Å². The molecule has 2 aromatic rings. The van der Waals surface area contributed by atoms with Gasteiger partial charge in [0.2, 0.25) is 10.0 Å². The predicted molar refractivity (Wildman–Crippen MR) is 101 cm³/mol. The summed E-state index contributed by atoms with van der Waals surface area (Å²) in [7, 11) is -0.634. The molecule has 0 spiro atoms. The van der Waals surface area contributed by atoms with Gasteiger partial charge in [-0.3, -0.25) is 13.9 Å². The number of nitrogens with zero attached hydrogens (tertiary/aromatic N) is 4. The topological polar surface area (TPSA) is 114 Å². The molecule has 0 atom stereocenters. The molecular weight excluding hydrogens is 384 g/mol. The number of hydrogen-bond donors (Lipinski definition) is 0. The summed E-state index contributed by atoms with van der Waals surface area (Å²) in [6, 6.07) is 7.73. The van der Waals surface area contributed by atoms with Crippen molar-refractivity contribution >= 4 is 10.0 Å². The third kappa shape index (κ3) is 3.85. The Morgan fingerprint density at radius 3 is 2.39 bits per heavy atom. The molecule has 0 bridgehead atoms. The lowest BCUT2D eigenvalue weighted by molar-refractivity contribution is 0.291. The largest absolute Gasteiger partial charge is 0.492 e. The maximum absolute atomic E-state index is 12.5. The van der Waals surface area contributed by atoms with Crippen LogP contribution in [0.3, 0.4) is 0 Å². The highest BCUT2D eigenvalue weighted by Crippen LogP contribution is 2.33. The van der Waals surface area contributed by atoms with Gasteiger partial charge in [-0.1, -0.05) is 0 Å². The molecule has 1 aromatic heterocycles. The zero-order valence-corrected chi connectivity index (χ0v) is 16.3. The van der Waals surface area contributed by atoms with Gasteiger partial charge in [-0.05, 0) is 37.1 Å². The molecule has 10 heteroatoms. The lowest BCUT2D eigenvalue weighted by Gasteiger charge is -2.13. The molecule has 148 valence electrons. The zero-order chi connectivity index (χ0) is 20.5. The predicted octanol–water partition coefficient (Wildman–Crippen LogP) is 0.546. The summed E-state index contributed by atoms with van der Waals surface area (Å²) in [5, 5.41) is 9.13. The number of ether oxygens (including phenoxy) is 1. The number of sulfonamides is 1. The van der Waals surface area contributed by atoms with Crippen LogP contribution in [0.4, 0.5) is 0 Å². The van der Waals surface area contributed by atoms with Gasteiger partial charge in [0.25, 0.3) is 5.56 Å². The molecule has 0 amide bonds. The molecule has 0 N–H and O–H groups in total. The molecule has 1 fully saturated rings. The molecule has 0 radical (unpaired) electrons. The lowest BCUT2D eigenvalue weighted by atomic mass is 10.3. The Hall–Kier alpha value is -2.90. The van der Waals surface area contributed by atoms with Crippen LogP contribution in [-0.2, 0) is 16.6 Å². The van der Waals surface area contributed by atoms with Crippen molar-refractivity contribution < 1.29 is 13.2 Å². The Morgan fingerprint density at radius 2 is 1.86 bits per heavy atom. The van der Waals surface area contributed by atoms with Crippen LogP contribution >= 0.6 is 0 Å². The fourth-order valence-corrected chi connectivity index (χ4v) is 3.58. The first-order chi connectivity index (χ1) is 13.3. The molecule has 1 heterocycles. The SMILES string of the molecule is CN(C)S(=O)(=O)c1ccc(OCCn2c(=O)c(C#N)cn(C3CC3)c2=O)cc1. The molecule has 1 aliphatic carbocycles. The van der Waals surface area contributed by atoms with Crippen LogP contribution in [0.2, 0.25) is 0 Å². The second kappa shape index (κ2) is 7.61. The Morgan fingerprint density at radius 1 is 1.21 bits per heavy atom. The van der Waals surface area contributed by atoms with Gasteiger partial charge < -0.3 is 4.74 Å². The molecule has 0 aliphatic heterocycles. The van der Waals surface area contributed by atoms with Crippen molar-refractivity contribution in [2.24, 2.45) is 0 Å². The van der Waals surface area contributed by atoms with Crippen LogP contribution in [0.25, 0.3) is 0 Å². The van der Waals surface area contributed by atoms with Gasteiger partial charge in [-0.25, -0.2) is 17.5 Å². The molecule has 1 saturated carbocycles. The van der Waals surface area contributed by atoms with Gasteiger partial charge in [0.05, 0.1) is 11.4 Å². The average Bonchev–Trinajstić information content (AvgIpc) is 3.50. The van der Waals surface area contributed by atoms with E-state index < -0.39 is 21.3 Å². The maximum atomic E-state index is 12.5. The fourth-order valence-electron chi connectivity index (χ4n) is 2.68. The Kier molecular flexibility index (Phi) is 5.40. The van der Waals surface area contributed by atoms with Gasteiger partial charge in [-0.15, -0.1) is 0 Å². The van der Waals surface area contributed by atoms with Gasteiger partial charge in [-0.2, -0.15) is 5.26 Å². The van der Waals surface area contributed by atoms with E-state index in [1.165, 1.54) is 49.1 Å². The average molecular weight is 404 g/mol. The normalized spacial score (nSPS) is 14.1. The highest BCUT2D eigenvalue weighted by Gasteiger charge is 2.26. The zero-order valence-electron chi connectivity index (χ0n) is 15.5. The lowest BCUT2D eigenvalue weighted by Crippen LogP contribution is -2.41. The summed E-state index contributed by atoms with van der Waals surface area (Å²) < 4.78 is 33.2. The van der Waals surface area contributed by atoms with E-state index in [2.05, 4.69) is 0 Å². The second-order valence-electron chi connectivity index (χ2n) is 6.64. The first kappa shape index (κ1) is 19.9. The van der Waals surface area contributed by atoms with Crippen molar-refractivity contribution in [2.75, 3.05) is 20.7 Å². The number of hydrogen-bond acceptors (Lipinski definition) is 6. The summed E-state index contributed by atoms with van der Waals surface area (Å²) in [6.45, 7) is 0.00608. The van der Waals surface area contributed by atoms with Crippen molar-refractivity contribution in [3.63, 3.8) is 0 Å². The van der Waals surface area contributed by atoms with Crippen LogP contribution in [0.1, 0.15) is 24.4 Å². The monoisotopic (exact) mass is 404 g/mol. The number of nitriles is 1. The quantitative estimate of drug-likeness (QED) is 0.666. The minimum atomic E-state index is -3.53. The van der Waals surface area contributed by atoms with Crippen LogP contribution in [-0.4, -0.2) is 42.6 Å². The molecular formula is C18H20N4O5S. The van der Waals surface area contributed by atoms with Crippen LogP contribution in [0, 0.1) is 11.3 Å². The van der Waals surface area contributed by atoms with Crippen molar-refractivity contribution in [3.05, 3.63) is 56.9 Å². The van der Waals surface area contributed by atoms with Gasteiger partial charge in [0.15, 0.2) is 0 Å². The minimum Gasteiger partial charge on any atom is -0.492 e. The van der Waals surface area contributed by atoms with Gasteiger partial charge >= 0.3 is 5.69 Å². The van der Waals surface area contributed by atoms with E-state index in [9.17, 15) is 18.0 Å². The van der Waals surface area contributed by atoms with Crippen molar-refractivity contribution in [1.82, 2.24) is 13.4 Å². The first-order valence-electron chi connectivity index (χ1n) is 8.67. The van der Waals surface area contributed by atoms with E-state index in [4.69, 9.17) is 10.00 Å². The van der Waals surface area contributed by atoms with E-state index in [0.29, 0.717) is 5.75 Å². The van der Waals surface area contributed by atoms with Crippen LogP contribution in [0.15, 0.2) is 44.9 Å². The van der Waals surface area contributed by atoms with Gasteiger partial charge in [0.1, 0.15) is 24.0 Å². The van der Waals surface area contributed by atoms with E-state index in [-0.39, 0.29) is 29.7 Å². The highest BCUT2D eigenvalue weighted by molar-refractivity contribution is 7.89. The molecule has 1 aromatic carbocycles. The van der Waals surface area contributed by atoms with Crippen LogP contribution < -0.4 is 16.0 Å². The summed E-state index contributed by atoms with van der Waals surface area (Å²) in [6.07, 6.45) is 3.02. The van der Waals surface area contributed by atoms with Gasteiger partial charge in [0, 0.05) is 26.3 Å². The maximum Gasteiger partial charge on any atom is 0.331 e. The van der Waals surface area contributed by atoms with E-state index in [1.807, 2.05) is 6.07 Å². The molecule has 0 saturated heterocycles. The first-order valence-corrected chi connectivity index (χ1v) is 10.1. The molecule has 28 heavy (non-hydrogen) atoms. The number of rotatable bonds is 7. The Balaban J connectivity index is 1.74. The number of benzene rings is 1. The Bertz CT molecular complexity index is 1140. The summed E-state index contributed by atoms with van der Waals surface area (Å²) in [5.74, 6) is 0.407. The second-order valence-corrected chi connectivity index (χ2v) is 8.79. The van der Waals surface area contributed by atoms with Crippen molar-refractivity contribution in [1.29, 1.82) is 5.26 Å². The summed E-state index contributed by atoms with van der Waals surface area (Å²) in [4.78, 5) is 24.9. The van der Waals surface area contributed by atoms with E-state index >= 15 is 0 Å². The van der Waals surface area contributed by atoms with E-state index in [1.54, 1.807) is 0 Å². The highest BCUT2D eigenvalue weighted by atomic mass is 32.2. The summed E-state index contributed by atoms with van der Waals surface area (Å²) >= 11 is 0. The fraction of sp³-hybridized carbons (Fsp3) is 0.389. The molecule has 1 aliphatic rings. The van der Waals surface area contributed by atoms with Crippen molar-refractivity contribution in [2.45, 2.75) is 30.3 Å². The summed E-state index contributed by atoms with van der Waals surface area (Å²) in [5.41, 5.74) is -1.17. The third-order valence-corrected chi connectivity index (χ3v) is 6.27. The molecule has 3 rings (SSSR count). The smallest absolute Gasteiger partial charge is 0.331 e. The van der Waals surface area contributed by atoms with Crippen molar-refractivity contribution in [3.8, 4) is 11.8 Å². The minimum absolute atomic E-state index is 0.0162. The van der Waals surface area contributed by atoms with E-state index in [0.717, 1.165) is 21.7 Å². The standard InChI is InChI=1S/C18H20N4O5S/c1-20(2)28(25,26)16-7-5-15(6-8-16)27-10-9-21-17(23)13(11-19)12-22(18(21)24)14-3-4-14/h5-8,12,14H,3-4,9-10H2,1-2H3. The number of aromatic nitrogens is 2.